The largest absolute Gasteiger partial charge is 0.465 e. The van der Waals surface area contributed by atoms with Gasteiger partial charge in [-0.1, -0.05) is 18.2 Å². The quantitative estimate of drug-likeness (QED) is 0.505. The smallest absolute Gasteiger partial charge is 0.422 e. The van der Waals surface area contributed by atoms with E-state index in [0.717, 1.165) is 17.0 Å². The number of likely N-dealkylation sites (N-methyl/N-ethyl adjacent to an activating group) is 1. The van der Waals surface area contributed by atoms with Gasteiger partial charge in [0, 0.05) is 32.2 Å². The van der Waals surface area contributed by atoms with Crippen LogP contribution in [0.4, 0.5) is 29.3 Å². The number of ether oxygens (including phenoxy) is 1. The molecule has 1 saturated heterocycles. The van der Waals surface area contributed by atoms with E-state index in [-0.39, 0.29) is 31.9 Å². The van der Waals surface area contributed by atoms with Crippen LogP contribution in [0.1, 0.15) is 5.56 Å². The van der Waals surface area contributed by atoms with Gasteiger partial charge in [0.25, 0.3) is 5.69 Å². The number of alkyl halides is 3. The number of carboxylic acid groups (broad SMARTS) is 1. The van der Waals surface area contributed by atoms with Crippen molar-refractivity contribution >= 4 is 17.5 Å². The molecule has 0 saturated carbocycles. The number of hydrogen-bond acceptors (Lipinski definition) is 6. The Kier molecular flexibility index (Phi) is 6.72. The SMILES string of the molecule is CNC[C@H]1CN(c2c([N+](=O)[O-])ccc(Oc3ccccc3)c2C(F)(F)F)CCN1C(=O)O. The monoisotopic (exact) mass is 454 g/mol. The summed E-state index contributed by atoms with van der Waals surface area (Å²) in [4.78, 5) is 24.6. The van der Waals surface area contributed by atoms with Crippen LogP contribution in [-0.4, -0.2) is 60.3 Å². The lowest BCUT2D eigenvalue weighted by molar-refractivity contribution is -0.384. The summed E-state index contributed by atoms with van der Waals surface area (Å²) in [6.07, 6.45) is -6.18. The van der Waals surface area contributed by atoms with Gasteiger partial charge in [0.1, 0.15) is 22.7 Å². The molecule has 2 aromatic carbocycles. The summed E-state index contributed by atoms with van der Waals surface area (Å²) >= 11 is 0. The van der Waals surface area contributed by atoms with Crippen molar-refractivity contribution in [3.05, 3.63) is 58.1 Å². The fourth-order valence-corrected chi connectivity index (χ4v) is 3.72. The van der Waals surface area contributed by atoms with E-state index in [1.807, 2.05) is 0 Å². The number of carbonyl (C=O) groups is 1. The van der Waals surface area contributed by atoms with Crippen molar-refractivity contribution in [2.24, 2.45) is 0 Å². The molecule has 0 spiro atoms. The first-order valence-electron chi connectivity index (χ1n) is 9.64. The van der Waals surface area contributed by atoms with Crippen LogP contribution >= 0.6 is 0 Å². The maximum atomic E-state index is 14.2. The number of nitro groups is 1. The average molecular weight is 454 g/mol. The van der Waals surface area contributed by atoms with Gasteiger partial charge in [0.2, 0.25) is 0 Å². The second-order valence-corrected chi connectivity index (χ2v) is 7.11. The minimum atomic E-state index is -4.96. The standard InChI is InChI=1S/C20H21F3N4O5/c1-24-11-13-12-25(9-10-26(13)19(28)29)18-15(27(30)31)7-8-16(17(18)20(21,22)23)32-14-5-3-2-4-6-14/h2-8,13,24H,9-12H2,1H3,(H,28,29)/t13-/m0/s1. The Balaban J connectivity index is 2.13. The van der Waals surface area contributed by atoms with Crippen molar-refractivity contribution in [3.8, 4) is 11.5 Å². The minimum Gasteiger partial charge on any atom is -0.465 e. The molecule has 0 aliphatic carbocycles. The fourth-order valence-electron chi connectivity index (χ4n) is 3.72. The molecule has 1 heterocycles. The summed E-state index contributed by atoms with van der Waals surface area (Å²) in [5.41, 5.74) is -2.64. The zero-order valence-electron chi connectivity index (χ0n) is 17.0. The van der Waals surface area contributed by atoms with Crippen LogP contribution in [0.2, 0.25) is 0 Å². The van der Waals surface area contributed by atoms with E-state index in [9.17, 15) is 33.2 Å². The number of benzene rings is 2. The number of halogens is 3. The normalized spacial score (nSPS) is 16.7. The van der Waals surface area contributed by atoms with Crippen LogP contribution in [-0.2, 0) is 6.18 Å². The first-order valence-corrected chi connectivity index (χ1v) is 9.64. The Morgan fingerprint density at radius 1 is 1.25 bits per heavy atom. The van der Waals surface area contributed by atoms with Crippen LogP contribution in [0, 0.1) is 10.1 Å². The van der Waals surface area contributed by atoms with Gasteiger partial charge < -0.3 is 25.0 Å². The third kappa shape index (κ3) is 4.85. The lowest BCUT2D eigenvalue weighted by Crippen LogP contribution is -2.58. The molecule has 9 nitrogen and oxygen atoms in total. The maximum Gasteiger partial charge on any atom is 0.422 e. The molecule has 1 fully saturated rings. The second kappa shape index (κ2) is 9.30. The van der Waals surface area contributed by atoms with E-state index in [0.29, 0.717) is 0 Å². The van der Waals surface area contributed by atoms with Gasteiger partial charge in [0.15, 0.2) is 0 Å². The summed E-state index contributed by atoms with van der Waals surface area (Å²) in [7, 11) is 1.58. The highest BCUT2D eigenvalue weighted by molar-refractivity contribution is 5.74. The number of nitro benzene ring substituents is 1. The Bertz CT molecular complexity index is 987. The number of amides is 1. The van der Waals surface area contributed by atoms with E-state index < -0.39 is 45.9 Å². The number of nitrogens with one attached hydrogen (secondary N) is 1. The van der Waals surface area contributed by atoms with Gasteiger partial charge in [0.05, 0.1) is 11.0 Å². The molecule has 1 amide bonds. The van der Waals surface area contributed by atoms with Gasteiger partial charge in [-0.15, -0.1) is 0 Å². The van der Waals surface area contributed by atoms with E-state index in [2.05, 4.69) is 5.32 Å². The van der Waals surface area contributed by atoms with Gasteiger partial charge in [-0.05, 0) is 25.2 Å². The highest BCUT2D eigenvalue weighted by Crippen LogP contribution is 2.48. The van der Waals surface area contributed by atoms with Gasteiger partial charge in [-0.3, -0.25) is 10.1 Å². The van der Waals surface area contributed by atoms with E-state index in [4.69, 9.17) is 4.74 Å². The van der Waals surface area contributed by atoms with Gasteiger partial charge >= 0.3 is 12.3 Å². The first-order chi connectivity index (χ1) is 15.1. The summed E-state index contributed by atoms with van der Waals surface area (Å²) in [5, 5.41) is 23.9. The predicted octanol–water partition coefficient (Wildman–Crippen LogP) is 3.79. The minimum absolute atomic E-state index is 0.111. The Hall–Kier alpha value is -3.54. The molecular weight excluding hydrogens is 433 g/mol. The molecule has 0 bridgehead atoms. The number of hydrogen-bond donors (Lipinski definition) is 2. The highest BCUT2D eigenvalue weighted by Gasteiger charge is 2.44. The number of anilines is 1. The summed E-state index contributed by atoms with van der Waals surface area (Å²) in [6, 6.07) is 8.97. The number of para-hydroxylation sites is 1. The molecule has 2 aromatic rings. The van der Waals surface area contributed by atoms with E-state index >= 15 is 0 Å². The van der Waals surface area contributed by atoms with Crippen molar-refractivity contribution in [1.29, 1.82) is 0 Å². The zero-order chi connectivity index (χ0) is 23.5. The second-order valence-electron chi connectivity index (χ2n) is 7.11. The highest BCUT2D eigenvalue weighted by atomic mass is 19.4. The van der Waals surface area contributed by atoms with Crippen LogP contribution in [0.3, 0.4) is 0 Å². The molecule has 0 aromatic heterocycles. The predicted molar refractivity (Wildman–Crippen MR) is 109 cm³/mol. The van der Waals surface area contributed by atoms with Crippen molar-refractivity contribution in [3.63, 3.8) is 0 Å². The van der Waals surface area contributed by atoms with Gasteiger partial charge in [-0.2, -0.15) is 13.2 Å². The summed E-state index contributed by atoms with van der Waals surface area (Å²) in [6.45, 7) is -0.255. The average Bonchev–Trinajstić information content (AvgIpc) is 2.73. The number of piperazine rings is 1. The lowest BCUT2D eigenvalue weighted by Gasteiger charge is -2.41. The third-order valence-corrected chi connectivity index (χ3v) is 5.05. The van der Waals surface area contributed by atoms with Crippen molar-refractivity contribution < 1.29 is 32.7 Å². The number of nitrogens with zero attached hydrogens (tertiary/aromatic N) is 3. The molecule has 172 valence electrons. The van der Waals surface area contributed by atoms with Crippen molar-refractivity contribution in [2.75, 3.05) is 38.1 Å². The molecule has 12 heteroatoms. The fraction of sp³-hybridized carbons (Fsp3) is 0.350. The van der Waals surface area contributed by atoms with E-state index in [1.165, 1.54) is 17.0 Å². The lowest BCUT2D eigenvalue weighted by atomic mass is 10.0. The molecule has 2 N–H and O–H groups in total. The van der Waals surface area contributed by atoms with Crippen molar-refractivity contribution in [1.82, 2.24) is 10.2 Å². The molecule has 1 aliphatic heterocycles. The van der Waals surface area contributed by atoms with Crippen LogP contribution in [0.15, 0.2) is 42.5 Å². The summed E-state index contributed by atoms with van der Waals surface area (Å²) < 4.78 is 48.1. The third-order valence-electron chi connectivity index (χ3n) is 5.05. The summed E-state index contributed by atoms with van der Waals surface area (Å²) in [5.74, 6) is -0.434. The van der Waals surface area contributed by atoms with Crippen LogP contribution in [0.25, 0.3) is 0 Å². The van der Waals surface area contributed by atoms with Crippen molar-refractivity contribution in [2.45, 2.75) is 12.2 Å². The van der Waals surface area contributed by atoms with Crippen LogP contribution in [0.5, 0.6) is 11.5 Å². The maximum absolute atomic E-state index is 14.2. The molecule has 0 radical (unpaired) electrons. The molecule has 32 heavy (non-hydrogen) atoms. The van der Waals surface area contributed by atoms with Gasteiger partial charge in [-0.25, -0.2) is 4.79 Å². The van der Waals surface area contributed by atoms with E-state index in [1.54, 1.807) is 25.2 Å². The Morgan fingerprint density at radius 3 is 2.50 bits per heavy atom. The Morgan fingerprint density at radius 2 is 1.94 bits per heavy atom. The first kappa shape index (κ1) is 23.1. The topological polar surface area (TPSA) is 108 Å². The molecular formula is C20H21F3N4O5. The molecule has 0 unspecified atom stereocenters. The number of rotatable bonds is 6. The zero-order valence-corrected chi connectivity index (χ0v) is 17.0. The van der Waals surface area contributed by atoms with Crippen LogP contribution < -0.4 is 15.0 Å². The molecule has 3 rings (SSSR count). The molecule has 1 atom stereocenters. The molecule has 1 aliphatic rings. The Labute approximate surface area is 181 Å².